The number of aromatic nitrogens is 1. The molecule has 0 radical (unpaired) electrons. The van der Waals surface area contributed by atoms with Gasteiger partial charge in [-0.1, -0.05) is 45.0 Å². The first-order valence-corrected chi connectivity index (χ1v) is 10.7. The fourth-order valence-electron chi connectivity index (χ4n) is 2.04. The standard InChI is InChI=1S/C19H24N2OSi/c1-19(2,3)23(4,5)22-18(14-20)17-8-6-15(7-9-17)16-10-12-21-13-11-16/h6-13,18H,1-5H3/t18-/m0/s1. The maximum Gasteiger partial charge on any atom is 0.194 e. The Morgan fingerprint density at radius 1 is 1.00 bits per heavy atom. The van der Waals surface area contributed by atoms with Gasteiger partial charge in [-0.25, -0.2) is 0 Å². The van der Waals surface area contributed by atoms with Crippen LogP contribution in [0.1, 0.15) is 32.4 Å². The molecule has 120 valence electrons. The van der Waals surface area contributed by atoms with Crippen molar-refractivity contribution in [2.45, 2.75) is 45.0 Å². The van der Waals surface area contributed by atoms with Crippen LogP contribution in [-0.4, -0.2) is 13.3 Å². The smallest absolute Gasteiger partial charge is 0.194 e. The van der Waals surface area contributed by atoms with Gasteiger partial charge in [0.1, 0.15) is 0 Å². The third-order valence-corrected chi connectivity index (χ3v) is 9.00. The van der Waals surface area contributed by atoms with Crippen LogP contribution in [0.3, 0.4) is 0 Å². The molecule has 1 aromatic carbocycles. The van der Waals surface area contributed by atoms with E-state index in [9.17, 15) is 5.26 Å². The number of benzene rings is 1. The number of rotatable bonds is 4. The SMILES string of the molecule is CC(C)(C)[Si](C)(C)O[C@@H](C#N)c1ccc(-c2ccncc2)cc1. The van der Waals surface area contributed by atoms with Crippen LogP contribution in [0.2, 0.25) is 18.1 Å². The van der Waals surface area contributed by atoms with Crippen LogP contribution in [-0.2, 0) is 4.43 Å². The topological polar surface area (TPSA) is 45.9 Å². The highest BCUT2D eigenvalue weighted by Gasteiger charge is 2.39. The van der Waals surface area contributed by atoms with Gasteiger partial charge in [-0.05, 0) is 47.0 Å². The van der Waals surface area contributed by atoms with Crippen LogP contribution in [0.5, 0.6) is 0 Å². The minimum Gasteiger partial charge on any atom is -0.398 e. The van der Waals surface area contributed by atoms with Crippen LogP contribution >= 0.6 is 0 Å². The summed E-state index contributed by atoms with van der Waals surface area (Å²) < 4.78 is 6.25. The molecule has 1 aromatic heterocycles. The van der Waals surface area contributed by atoms with E-state index in [2.05, 4.69) is 44.9 Å². The van der Waals surface area contributed by atoms with Crippen molar-refractivity contribution in [3.05, 3.63) is 54.4 Å². The van der Waals surface area contributed by atoms with Gasteiger partial charge in [0.15, 0.2) is 14.4 Å². The average Bonchev–Trinajstić information content (AvgIpc) is 2.52. The molecule has 0 spiro atoms. The molecule has 4 heteroatoms. The van der Waals surface area contributed by atoms with Crippen molar-refractivity contribution in [3.8, 4) is 17.2 Å². The molecule has 0 aliphatic rings. The van der Waals surface area contributed by atoms with Gasteiger partial charge in [0.05, 0.1) is 6.07 Å². The summed E-state index contributed by atoms with van der Waals surface area (Å²) in [6, 6.07) is 14.3. The van der Waals surface area contributed by atoms with E-state index in [4.69, 9.17) is 4.43 Å². The van der Waals surface area contributed by atoms with Gasteiger partial charge in [-0.3, -0.25) is 4.98 Å². The van der Waals surface area contributed by atoms with E-state index in [0.717, 1.165) is 16.7 Å². The molecule has 0 saturated heterocycles. The van der Waals surface area contributed by atoms with Crippen molar-refractivity contribution in [2.75, 3.05) is 0 Å². The molecule has 0 fully saturated rings. The fourth-order valence-corrected chi connectivity index (χ4v) is 3.17. The minimum absolute atomic E-state index is 0.0824. The molecule has 3 nitrogen and oxygen atoms in total. The molecule has 0 bridgehead atoms. The number of hydrogen-bond donors (Lipinski definition) is 0. The van der Waals surface area contributed by atoms with Crippen LogP contribution < -0.4 is 0 Å². The summed E-state index contributed by atoms with van der Waals surface area (Å²) in [6.45, 7) is 10.9. The Labute approximate surface area is 140 Å². The maximum absolute atomic E-state index is 9.53. The Morgan fingerprint density at radius 2 is 1.52 bits per heavy atom. The highest BCUT2D eigenvalue weighted by Crippen LogP contribution is 2.39. The summed E-state index contributed by atoms with van der Waals surface area (Å²) in [6.07, 6.45) is 3.05. The van der Waals surface area contributed by atoms with Crippen molar-refractivity contribution in [2.24, 2.45) is 0 Å². The van der Waals surface area contributed by atoms with E-state index >= 15 is 0 Å². The van der Waals surface area contributed by atoms with E-state index in [1.54, 1.807) is 12.4 Å². The first-order chi connectivity index (χ1) is 10.7. The summed E-state index contributed by atoms with van der Waals surface area (Å²) in [5.74, 6) is 0. The highest BCUT2D eigenvalue weighted by atomic mass is 28.4. The van der Waals surface area contributed by atoms with Crippen molar-refractivity contribution >= 4 is 8.32 Å². The second-order valence-corrected chi connectivity index (χ2v) is 12.0. The maximum atomic E-state index is 9.53. The largest absolute Gasteiger partial charge is 0.398 e. The average molecular weight is 324 g/mol. The van der Waals surface area contributed by atoms with Crippen LogP contribution in [0, 0.1) is 11.3 Å². The quantitative estimate of drug-likeness (QED) is 0.714. The molecule has 1 heterocycles. The van der Waals surface area contributed by atoms with Gasteiger partial charge in [0, 0.05) is 12.4 Å². The molecule has 23 heavy (non-hydrogen) atoms. The summed E-state index contributed by atoms with van der Waals surface area (Å²) in [5.41, 5.74) is 3.14. The Morgan fingerprint density at radius 3 is 2.00 bits per heavy atom. The molecule has 2 aromatic rings. The predicted molar refractivity (Wildman–Crippen MR) is 96.3 cm³/mol. The molecule has 0 amide bonds. The third kappa shape index (κ3) is 4.07. The molecule has 0 N–H and O–H groups in total. The van der Waals surface area contributed by atoms with Gasteiger partial charge >= 0.3 is 0 Å². The van der Waals surface area contributed by atoms with Crippen molar-refractivity contribution in [1.82, 2.24) is 4.98 Å². The number of nitrogens with zero attached hydrogens (tertiary/aromatic N) is 2. The van der Waals surface area contributed by atoms with Crippen LogP contribution in [0.4, 0.5) is 0 Å². The van der Waals surface area contributed by atoms with Gasteiger partial charge in [-0.2, -0.15) is 5.26 Å². The first kappa shape index (κ1) is 17.4. The normalized spacial score (nSPS) is 13.4. The van der Waals surface area contributed by atoms with Crippen molar-refractivity contribution in [1.29, 1.82) is 5.26 Å². The van der Waals surface area contributed by atoms with Gasteiger partial charge in [-0.15, -0.1) is 0 Å². The van der Waals surface area contributed by atoms with Crippen molar-refractivity contribution in [3.63, 3.8) is 0 Å². The number of pyridine rings is 1. The molecular formula is C19H24N2OSi. The minimum atomic E-state index is -1.98. The Balaban J connectivity index is 2.22. The summed E-state index contributed by atoms with van der Waals surface area (Å²) in [4.78, 5) is 4.03. The molecule has 0 aliphatic carbocycles. The Kier molecular flexibility index (Phi) is 5.03. The lowest BCUT2D eigenvalue weighted by atomic mass is 10.0. The molecule has 2 rings (SSSR count). The molecule has 0 saturated carbocycles. The van der Waals surface area contributed by atoms with Gasteiger partial charge < -0.3 is 4.43 Å². The predicted octanol–water partition coefficient (Wildman–Crippen LogP) is 5.34. The zero-order valence-corrected chi connectivity index (χ0v) is 15.5. The Hall–Kier alpha value is -1.96. The van der Waals surface area contributed by atoms with Crippen LogP contribution in [0.15, 0.2) is 48.8 Å². The lowest BCUT2D eigenvalue weighted by molar-refractivity contribution is 0.236. The van der Waals surface area contributed by atoms with Crippen LogP contribution in [0.25, 0.3) is 11.1 Å². The molecule has 0 unspecified atom stereocenters. The summed E-state index contributed by atoms with van der Waals surface area (Å²) >= 11 is 0. The lowest BCUT2D eigenvalue weighted by Crippen LogP contribution is -2.41. The van der Waals surface area contributed by atoms with Gasteiger partial charge in [0.2, 0.25) is 0 Å². The Bertz CT molecular complexity index is 682. The summed E-state index contributed by atoms with van der Waals surface area (Å²) in [5, 5.41) is 9.62. The summed E-state index contributed by atoms with van der Waals surface area (Å²) in [7, 11) is -1.98. The third-order valence-electron chi connectivity index (χ3n) is 4.56. The molecular weight excluding hydrogens is 300 g/mol. The lowest BCUT2D eigenvalue weighted by Gasteiger charge is -2.37. The zero-order valence-electron chi connectivity index (χ0n) is 14.5. The van der Waals surface area contributed by atoms with E-state index in [1.807, 2.05) is 36.4 Å². The second-order valence-electron chi connectivity index (χ2n) is 7.25. The number of nitriles is 1. The first-order valence-electron chi connectivity index (χ1n) is 7.82. The van der Waals surface area contributed by atoms with E-state index in [1.165, 1.54) is 0 Å². The van der Waals surface area contributed by atoms with Gasteiger partial charge in [0.25, 0.3) is 0 Å². The van der Waals surface area contributed by atoms with E-state index < -0.39 is 14.4 Å². The molecule has 0 aliphatic heterocycles. The van der Waals surface area contributed by atoms with Crippen molar-refractivity contribution < 1.29 is 4.43 Å². The second kappa shape index (κ2) is 6.65. The van der Waals surface area contributed by atoms with E-state index in [0.29, 0.717) is 0 Å². The molecule has 1 atom stereocenters. The van der Waals surface area contributed by atoms with E-state index in [-0.39, 0.29) is 5.04 Å². The highest BCUT2D eigenvalue weighted by molar-refractivity contribution is 6.74. The zero-order chi connectivity index (χ0) is 17.1. The fraction of sp³-hybridized carbons (Fsp3) is 0.368. The monoisotopic (exact) mass is 324 g/mol. The number of hydrogen-bond acceptors (Lipinski definition) is 3.